The van der Waals surface area contributed by atoms with Crippen LogP contribution in [0.15, 0.2) is 18.2 Å². The standard InChI is InChI=1S/C14H20ClFN2O/c1-9(2)18-13(19)7-10(3)17-8-11-5-4-6-12(15)14(11)16/h4-6,9-10,17H,7-8H2,1-3H3,(H,18,19). The van der Waals surface area contributed by atoms with Crippen LogP contribution in [0.5, 0.6) is 0 Å². The van der Waals surface area contributed by atoms with Crippen LogP contribution in [-0.4, -0.2) is 18.0 Å². The van der Waals surface area contributed by atoms with Crippen molar-refractivity contribution in [1.29, 1.82) is 0 Å². The van der Waals surface area contributed by atoms with Crippen LogP contribution in [0.4, 0.5) is 4.39 Å². The molecule has 2 N–H and O–H groups in total. The Hall–Kier alpha value is -1.13. The molecular weight excluding hydrogens is 267 g/mol. The molecule has 1 unspecified atom stereocenters. The lowest BCUT2D eigenvalue weighted by molar-refractivity contribution is -0.122. The Kier molecular flexibility index (Phi) is 6.25. The average molecular weight is 287 g/mol. The molecule has 1 atom stereocenters. The van der Waals surface area contributed by atoms with E-state index in [-0.39, 0.29) is 23.0 Å². The average Bonchev–Trinajstić information content (AvgIpc) is 2.30. The molecule has 0 radical (unpaired) electrons. The highest BCUT2D eigenvalue weighted by Gasteiger charge is 2.11. The van der Waals surface area contributed by atoms with Gasteiger partial charge in [-0.15, -0.1) is 0 Å². The second-order valence-electron chi connectivity index (χ2n) is 4.92. The van der Waals surface area contributed by atoms with Crippen molar-refractivity contribution in [2.45, 2.75) is 45.8 Å². The number of nitrogens with one attached hydrogen (secondary N) is 2. The highest BCUT2D eigenvalue weighted by Crippen LogP contribution is 2.17. The Labute approximate surface area is 118 Å². The SMILES string of the molecule is CC(C)NC(=O)CC(C)NCc1cccc(Cl)c1F. The molecule has 0 saturated heterocycles. The lowest BCUT2D eigenvalue weighted by Crippen LogP contribution is -2.36. The minimum absolute atomic E-state index is 0.0124. The third kappa shape index (κ3) is 5.57. The molecule has 0 aliphatic carbocycles. The van der Waals surface area contributed by atoms with Crippen LogP contribution in [0.2, 0.25) is 5.02 Å². The van der Waals surface area contributed by atoms with Crippen molar-refractivity contribution in [3.8, 4) is 0 Å². The van der Waals surface area contributed by atoms with Crippen LogP contribution in [-0.2, 0) is 11.3 Å². The van der Waals surface area contributed by atoms with Crippen molar-refractivity contribution in [3.63, 3.8) is 0 Å². The van der Waals surface area contributed by atoms with Gasteiger partial charge in [0.05, 0.1) is 5.02 Å². The van der Waals surface area contributed by atoms with Gasteiger partial charge in [-0.3, -0.25) is 4.79 Å². The second kappa shape index (κ2) is 7.46. The summed E-state index contributed by atoms with van der Waals surface area (Å²) in [6.45, 7) is 6.07. The molecule has 0 aromatic heterocycles. The van der Waals surface area contributed by atoms with Gasteiger partial charge < -0.3 is 10.6 Å². The highest BCUT2D eigenvalue weighted by atomic mass is 35.5. The van der Waals surface area contributed by atoms with Gasteiger partial charge in [0.25, 0.3) is 0 Å². The topological polar surface area (TPSA) is 41.1 Å². The lowest BCUT2D eigenvalue weighted by atomic mass is 10.1. The summed E-state index contributed by atoms with van der Waals surface area (Å²) in [5, 5.41) is 6.05. The smallest absolute Gasteiger partial charge is 0.221 e. The predicted octanol–water partition coefficient (Wildman–Crippen LogP) is 2.87. The van der Waals surface area contributed by atoms with Gasteiger partial charge >= 0.3 is 0 Å². The molecule has 0 bridgehead atoms. The van der Waals surface area contributed by atoms with E-state index in [1.165, 1.54) is 6.07 Å². The van der Waals surface area contributed by atoms with Gasteiger partial charge in [0.2, 0.25) is 5.91 Å². The van der Waals surface area contributed by atoms with E-state index in [0.29, 0.717) is 18.5 Å². The minimum atomic E-state index is -0.407. The largest absolute Gasteiger partial charge is 0.354 e. The summed E-state index contributed by atoms with van der Waals surface area (Å²) in [5.74, 6) is -0.419. The predicted molar refractivity (Wildman–Crippen MR) is 75.6 cm³/mol. The van der Waals surface area contributed by atoms with Gasteiger partial charge in [0, 0.05) is 30.6 Å². The van der Waals surface area contributed by atoms with Gasteiger partial charge in [0.1, 0.15) is 5.82 Å². The van der Waals surface area contributed by atoms with Crippen molar-refractivity contribution >= 4 is 17.5 Å². The maximum atomic E-state index is 13.6. The van der Waals surface area contributed by atoms with E-state index >= 15 is 0 Å². The third-order valence-corrected chi connectivity index (χ3v) is 2.91. The Bertz CT molecular complexity index is 437. The lowest BCUT2D eigenvalue weighted by Gasteiger charge is -2.15. The summed E-state index contributed by atoms with van der Waals surface area (Å²) in [5.41, 5.74) is 0.503. The summed E-state index contributed by atoms with van der Waals surface area (Å²) in [4.78, 5) is 11.5. The molecular formula is C14H20ClFN2O. The van der Waals surface area contributed by atoms with Crippen LogP contribution in [0.1, 0.15) is 32.8 Å². The monoisotopic (exact) mass is 286 g/mol. The fraction of sp³-hybridized carbons (Fsp3) is 0.500. The molecule has 0 saturated carbocycles. The molecule has 106 valence electrons. The Balaban J connectivity index is 2.44. The van der Waals surface area contributed by atoms with E-state index in [2.05, 4.69) is 10.6 Å². The van der Waals surface area contributed by atoms with E-state index in [1.807, 2.05) is 20.8 Å². The first-order chi connectivity index (χ1) is 8.90. The number of amides is 1. The van der Waals surface area contributed by atoms with Crippen LogP contribution < -0.4 is 10.6 Å². The van der Waals surface area contributed by atoms with Crippen molar-refractivity contribution in [3.05, 3.63) is 34.6 Å². The van der Waals surface area contributed by atoms with Crippen LogP contribution >= 0.6 is 11.6 Å². The molecule has 0 aliphatic rings. The number of benzene rings is 1. The normalized spacial score (nSPS) is 12.5. The molecule has 0 heterocycles. The fourth-order valence-electron chi connectivity index (χ4n) is 1.70. The van der Waals surface area contributed by atoms with Crippen molar-refractivity contribution < 1.29 is 9.18 Å². The summed E-state index contributed by atoms with van der Waals surface area (Å²) in [6, 6.07) is 5.00. The molecule has 0 spiro atoms. The maximum Gasteiger partial charge on any atom is 0.221 e. The zero-order valence-corrected chi connectivity index (χ0v) is 12.2. The van der Waals surface area contributed by atoms with E-state index in [0.717, 1.165) is 0 Å². The second-order valence-corrected chi connectivity index (χ2v) is 5.33. The van der Waals surface area contributed by atoms with Gasteiger partial charge in [-0.2, -0.15) is 0 Å². The first-order valence-electron chi connectivity index (χ1n) is 6.35. The number of rotatable bonds is 6. The highest BCUT2D eigenvalue weighted by molar-refractivity contribution is 6.30. The summed E-state index contributed by atoms with van der Waals surface area (Å²) in [6.07, 6.45) is 0.361. The van der Waals surface area contributed by atoms with Crippen molar-refractivity contribution in [2.24, 2.45) is 0 Å². The molecule has 1 rings (SSSR count). The fourth-order valence-corrected chi connectivity index (χ4v) is 1.89. The molecule has 1 amide bonds. The Morgan fingerprint density at radius 1 is 1.37 bits per heavy atom. The van der Waals surface area contributed by atoms with E-state index in [4.69, 9.17) is 11.6 Å². The number of hydrogen-bond acceptors (Lipinski definition) is 2. The summed E-state index contributed by atoms with van der Waals surface area (Å²) in [7, 11) is 0. The van der Waals surface area contributed by atoms with Gasteiger partial charge in [-0.25, -0.2) is 4.39 Å². The molecule has 19 heavy (non-hydrogen) atoms. The Morgan fingerprint density at radius 2 is 2.05 bits per heavy atom. The van der Waals surface area contributed by atoms with Crippen LogP contribution in [0.25, 0.3) is 0 Å². The Morgan fingerprint density at radius 3 is 2.68 bits per heavy atom. The number of carbonyl (C=O) groups excluding carboxylic acids is 1. The minimum Gasteiger partial charge on any atom is -0.354 e. The third-order valence-electron chi connectivity index (χ3n) is 2.61. The van der Waals surface area contributed by atoms with E-state index in [9.17, 15) is 9.18 Å². The first kappa shape index (κ1) is 15.9. The zero-order chi connectivity index (χ0) is 14.4. The number of carbonyl (C=O) groups is 1. The van der Waals surface area contributed by atoms with Gasteiger partial charge in [-0.05, 0) is 26.8 Å². The molecule has 1 aromatic rings. The molecule has 3 nitrogen and oxygen atoms in total. The molecule has 0 fully saturated rings. The number of hydrogen-bond donors (Lipinski definition) is 2. The molecule has 5 heteroatoms. The maximum absolute atomic E-state index is 13.6. The summed E-state index contributed by atoms with van der Waals surface area (Å²) < 4.78 is 13.6. The van der Waals surface area contributed by atoms with Crippen molar-refractivity contribution in [2.75, 3.05) is 0 Å². The summed E-state index contributed by atoms with van der Waals surface area (Å²) >= 11 is 5.70. The quantitative estimate of drug-likeness (QED) is 0.844. The molecule has 1 aromatic carbocycles. The van der Waals surface area contributed by atoms with Gasteiger partial charge in [0.15, 0.2) is 0 Å². The van der Waals surface area contributed by atoms with Crippen molar-refractivity contribution in [1.82, 2.24) is 10.6 Å². The number of halogens is 2. The molecule has 0 aliphatic heterocycles. The first-order valence-corrected chi connectivity index (χ1v) is 6.73. The zero-order valence-electron chi connectivity index (χ0n) is 11.5. The van der Waals surface area contributed by atoms with Crippen LogP contribution in [0.3, 0.4) is 0 Å². The van der Waals surface area contributed by atoms with Crippen LogP contribution in [0, 0.1) is 5.82 Å². The van der Waals surface area contributed by atoms with E-state index in [1.54, 1.807) is 12.1 Å². The van der Waals surface area contributed by atoms with Gasteiger partial charge in [-0.1, -0.05) is 23.7 Å². The van der Waals surface area contributed by atoms with E-state index < -0.39 is 5.82 Å².